The molecule has 1 aliphatic heterocycles. The number of carbonyl (C=O) groups is 2. The molecule has 0 aromatic heterocycles. The maximum absolute atomic E-state index is 10.6. The number of allylic oxidation sites excluding steroid dienone is 3. The molecule has 1 aliphatic carbocycles. The SMILES string of the molecule is CC(=O)O.CN1C=CN(CC2=CCC(=COc3ccc(C=O)cc3)C=C2)C1. The summed E-state index contributed by atoms with van der Waals surface area (Å²) in [7, 11) is 2.07. The first-order valence-corrected chi connectivity index (χ1v) is 8.56. The summed E-state index contributed by atoms with van der Waals surface area (Å²) in [4.78, 5) is 24.0. The van der Waals surface area contributed by atoms with Gasteiger partial charge >= 0.3 is 0 Å². The average molecular weight is 368 g/mol. The molecule has 0 amide bonds. The number of hydrogen-bond donors (Lipinski definition) is 1. The fourth-order valence-corrected chi connectivity index (χ4v) is 2.50. The van der Waals surface area contributed by atoms with Crippen LogP contribution in [0.2, 0.25) is 0 Å². The quantitative estimate of drug-likeness (QED) is 0.634. The van der Waals surface area contributed by atoms with Crippen LogP contribution in [0.25, 0.3) is 0 Å². The van der Waals surface area contributed by atoms with Gasteiger partial charge in [0, 0.05) is 38.5 Å². The lowest BCUT2D eigenvalue weighted by atomic mass is 10.0. The maximum atomic E-state index is 10.6. The first-order chi connectivity index (χ1) is 13.0. The van der Waals surface area contributed by atoms with Crippen LogP contribution in [0.4, 0.5) is 0 Å². The second-order valence-electron chi connectivity index (χ2n) is 6.28. The molecule has 0 radical (unpaired) electrons. The molecule has 0 fully saturated rings. The largest absolute Gasteiger partial charge is 0.481 e. The van der Waals surface area contributed by atoms with E-state index in [-0.39, 0.29) is 0 Å². The predicted molar refractivity (Wildman–Crippen MR) is 104 cm³/mol. The molecule has 6 nitrogen and oxygen atoms in total. The Hall–Kier alpha value is -3.28. The molecule has 0 unspecified atom stereocenters. The first-order valence-electron chi connectivity index (χ1n) is 8.56. The van der Waals surface area contributed by atoms with Gasteiger partial charge in [0.15, 0.2) is 0 Å². The van der Waals surface area contributed by atoms with Crippen LogP contribution in [0, 0.1) is 0 Å². The van der Waals surface area contributed by atoms with Crippen LogP contribution in [0.15, 0.2) is 72.3 Å². The van der Waals surface area contributed by atoms with Gasteiger partial charge in [0.1, 0.15) is 12.0 Å². The Morgan fingerprint density at radius 3 is 2.44 bits per heavy atom. The normalized spacial score (nSPS) is 16.7. The summed E-state index contributed by atoms with van der Waals surface area (Å²) in [6.45, 7) is 2.95. The van der Waals surface area contributed by atoms with E-state index in [1.807, 2.05) is 0 Å². The van der Waals surface area contributed by atoms with E-state index in [0.717, 1.165) is 44.2 Å². The molecule has 1 N–H and O–H groups in total. The van der Waals surface area contributed by atoms with Crippen LogP contribution in [0.3, 0.4) is 0 Å². The molecular weight excluding hydrogens is 344 g/mol. The summed E-state index contributed by atoms with van der Waals surface area (Å²) in [5.74, 6) is -0.100. The summed E-state index contributed by atoms with van der Waals surface area (Å²) in [6.07, 6.45) is 14.1. The number of nitrogens with zero attached hydrogens (tertiary/aromatic N) is 2. The maximum Gasteiger partial charge on any atom is 0.300 e. The molecule has 27 heavy (non-hydrogen) atoms. The van der Waals surface area contributed by atoms with Gasteiger partial charge in [0.05, 0.1) is 12.9 Å². The number of benzene rings is 1. The molecule has 6 heteroatoms. The van der Waals surface area contributed by atoms with Crippen LogP contribution in [0.5, 0.6) is 5.75 Å². The van der Waals surface area contributed by atoms with Gasteiger partial charge < -0.3 is 19.6 Å². The third-order valence-electron chi connectivity index (χ3n) is 3.80. The van der Waals surface area contributed by atoms with Crippen LogP contribution >= 0.6 is 0 Å². The Morgan fingerprint density at radius 2 is 1.93 bits per heavy atom. The second-order valence-corrected chi connectivity index (χ2v) is 6.28. The zero-order chi connectivity index (χ0) is 19.6. The molecule has 0 saturated heterocycles. The number of carboxylic acids is 1. The van der Waals surface area contributed by atoms with Gasteiger partial charge in [-0.1, -0.05) is 18.2 Å². The number of aldehydes is 1. The van der Waals surface area contributed by atoms with Crippen LogP contribution < -0.4 is 4.74 Å². The number of ether oxygens (including phenoxy) is 1. The highest BCUT2D eigenvalue weighted by molar-refractivity contribution is 5.74. The highest BCUT2D eigenvalue weighted by Gasteiger charge is 2.10. The molecule has 0 saturated carbocycles. The lowest BCUT2D eigenvalue weighted by molar-refractivity contribution is -0.134. The van der Waals surface area contributed by atoms with Crippen molar-refractivity contribution in [2.75, 3.05) is 20.3 Å². The fraction of sp³-hybridized carbons (Fsp3) is 0.238. The van der Waals surface area contributed by atoms with Gasteiger partial charge in [-0.25, -0.2) is 0 Å². The summed E-state index contributed by atoms with van der Waals surface area (Å²) >= 11 is 0. The summed E-state index contributed by atoms with van der Waals surface area (Å²) in [5, 5.41) is 7.42. The summed E-state index contributed by atoms with van der Waals surface area (Å²) < 4.78 is 5.64. The molecule has 1 aromatic rings. The monoisotopic (exact) mass is 368 g/mol. The minimum atomic E-state index is -0.833. The van der Waals surface area contributed by atoms with Crippen molar-refractivity contribution in [3.8, 4) is 5.75 Å². The van der Waals surface area contributed by atoms with E-state index < -0.39 is 5.97 Å². The third-order valence-corrected chi connectivity index (χ3v) is 3.80. The van der Waals surface area contributed by atoms with Gasteiger partial charge in [0.2, 0.25) is 0 Å². The minimum Gasteiger partial charge on any atom is -0.481 e. The van der Waals surface area contributed by atoms with Crippen molar-refractivity contribution in [1.82, 2.24) is 9.80 Å². The highest BCUT2D eigenvalue weighted by Crippen LogP contribution is 2.19. The van der Waals surface area contributed by atoms with Gasteiger partial charge in [-0.2, -0.15) is 0 Å². The van der Waals surface area contributed by atoms with Crippen molar-refractivity contribution in [3.05, 3.63) is 77.9 Å². The van der Waals surface area contributed by atoms with E-state index in [9.17, 15) is 4.79 Å². The topological polar surface area (TPSA) is 70.1 Å². The van der Waals surface area contributed by atoms with E-state index in [2.05, 4.69) is 47.5 Å². The lowest BCUT2D eigenvalue weighted by Gasteiger charge is -2.20. The van der Waals surface area contributed by atoms with Crippen molar-refractivity contribution >= 4 is 12.3 Å². The van der Waals surface area contributed by atoms with Crippen LogP contribution in [-0.2, 0) is 4.79 Å². The number of carbonyl (C=O) groups excluding carboxylic acids is 1. The van der Waals surface area contributed by atoms with Crippen molar-refractivity contribution in [3.63, 3.8) is 0 Å². The van der Waals surface area contributed by atoms with Gasteiger partial charge in [-0.15, -0.1) is 0 Å². The number of hydrogen-bond acceptors (Lipinski definition) is 5. The lowest BCUT2D eigenvalue weighted by Crippen LogP contribution is -2.24. The standard InChI is InChI=1S/C19H20N2O2.C2H4O2/c1-20-10-11-21(15-20)12-16-2-4-18(5-3-16)14-23-19-8-6-17(13-22)7-9-19;1-2(3)4/h2-4,6-11,13-14H,5,12,15H2,1H3;1H3,(H,3,4). The minimum absolute atomic E-state index is 0.650. The Balaban J connectivity index is 0.000000596. The van der Waals surface area contributed by atoms with Gasteiger partial charge in [0.25, 0.3) is 5.97 Å². The number of rotatable bonds is 5. The van der Waals surface area contributed by atoms with E-state index >= 15 is 0 Å². The van der Waals surface area contributed by atoms with Gasteiger partial charge in [-0.05, 0) is 41.8 Å². The molecular formula is C21H24N2O4. The summed E-state index contributed by atoms with van der Waals surface area (Å²) in [6, 6.07) is 7.09. The smallest absolute Gasteiger partial charge is 0.300 e. The third kappa shape index (κ3) is 7.23. The summed E-state index contributed by atoms with van der Waals surface area (Å²) in [5.41, 5.74) is 3.09. The molecule has 1 heterocycles. The Bertz CT molecular complexity index is 772. The molecule has 1 aromatic carbocycles. The van der Waals surface area contributed by atoms with E-state index in [4.69, 9.17) is 14.6 Å². The number of carboxylic acid groups (broad SMARTS) is 1. The molecule has 142 valence electrons. The molecule has 2 aliphatic rings. The second kappa shape index (κ2) is 10.0. The van der Waals surface area contributed by atoms with Crippen molar-refractivity contribution < 1.29 is 19.4 Å². The zero-order valence-corrected chi connectivity index (χ0v) is 15.5. The van der Waals surface area contributed by atoms with Crippen LogP contribution in [0.1, 0.15) is 23.7 Å². The van der Waals surface area contributed by atoms with Crippen molar-refractivity contribution in [2.45, 2.75) is 13.3 Å². The highest BCUT2D eigenvalue weighted by atomic mass is 16.5. The fourth-order valence-electron chi connectivity index (χ4n) is 2.50. The first kappa shape index (κ1) is 20.0. The molecule has 3 rings (SSSR count). The Kier molecular flexibility index (Phi) is 7.43. The van der Waals surface area contributed by atoms with Gasteiger partial charge in [-0.3, -0.25) is 9.59 Å². The van der Waals surface area contributed by atoms with Crippen molar-refractivity contribution in [2.24, 2.45) is 0 Å². The van der Waals surface area contributed by atoms with E-state index in [1.165, 1.54) is 5.57 Å². The average Bonchev–Trinajstić information content (AvgIpc) is 3.06. The Morgan fingerprint density at radius 1 is 1.22 bits per heavy atom. The van der Waals surface area contributed by atoms with Crippen molar-refractivity contribution in [1.29, 1.82) is 0 Å². The molecule has 0 bridgehead atoms. The molecule has 0 spiro atoms. The Labute approximate surface area is 159 Å². The van der Waals surface area contributed by atoms with E-state index in [0.29, 0.717) is 5.56 Å². The molecule has 0 atom stereocenters. The number of aliphatic carboxylic acids is 1. The van der Waals surface area contributed by atoms with Crippen LogP contribution in [-0.4, -0.2) is 47.4 Å². The zero-order valence-electron chi connectivity index (χ0n) is 15.5. The van der Waals surface area contributed by atoms with E-state index in [1.54, 1.807) is 30.5 Å². The predicted octanol–water partition coefficient (Wildman–Crippen LogP) is 3.42.